The maximum atomic E-state index is 12.9. The molecular formula is C32H24O4. The molecule has 0 fully saturated rings. The fraction of sp³-hybridized carbons (Fsp3) is 0.0625. The van der Waals surface area contributed by atoms with Crippen LogP contribution in [0.5, 0.6) is 0 Å². The first-order chi connectivity index (χ1) is 17.6. The van der Waals surface area contributed by atoms with Gasteiger partial charge in [-0.15, -0.1) is 0 Å². The molecule has 1 aliphatic carbocycles. The summed E-state index contributed by atoms with van der Waals surface area (Å²) in [4.78, 5) is 25.9. The number of allylic oxidation sites excluding steroid dienone is 2. The molecule has 2 atom stereocenters. The van der Waals surface area contributed by atoms with Gasteiger partial charge < -0.3 is 10.2 Å². The summed E-state index contributed by atoms with van der Waals surface area (Å²) in [7, 11) is 0. The summed E-state index contributed by atoms with van der Waals surface area (Å²) in [5.74, 6) is -4.92. The number of hydrogen-bond donors (Lipinski definition) is 2. The zero-order valence-corrected chi connectivity index (χ0v) is 19.4. The van der Waals surface area contributed by atoms with E-state index >= 15 is 0 Å². The van der Waals surface area contributed by atoms with Gasteiger partial charge in [-0.2, -0.15) is 0 Å². The van der Waals surface area contributed by atoms with Gasteiger partial charge in [0.05, 0.1) is 0 Å². The maximum absolute atomic E-state index is 12.9. The van der Waals surface area contributed by atoms with Gasteiger partial charge in [-0.3, -0.25) is 9.59 Å². The first kappa shape index (κ1) is 23.1. The standard InChI is InChI=1S/C32H24O4/c33-31(34)29-27(23-17-9-3-10-18-23)25(21-13-5-1-6-14-21)26(22-15-7-2-8-16-22)28(30(29)32(35)36)24-19-11-4-12-20-24/h1-20,29-30H,(H,33,34)(H,35,36)/t29-,30-/m1/s1. The largest absolute Gasteiger partial charge is 0.481 e. The van der Waals surface area contributed by atoms with E-state index < -0.39 is 23.8 Å². The molecule has 0 bridgehead atoms. The van der Waals surface area contributed by atoms with E-state index in [1.807, 2.05) is 121 Å². The van der Waals surface area contributed by atoms with Gasteiger partial charge in [0.15, 0.2) is 0 Å². The third-order valence-electron chi connectivity index (χ3n) is 6.57. The van der Waals surface area contributed by atoms with E-state index in [0.717, 1.165) is 22.3 Å². The van der Waals surface area contributed by atoms with E-state index in [1.165, 1.54) is 0 Å². The predicted molar refractivity (Wildman–Crippen MR) is 142 cm³/mol. The normalized spacial score (nSPS) is 17.7. The molecule has 4 heteroatoms. The second kappa shape index (κ2) is 9.88. The van der Waals surface area contributed by atoms with Crippen molar-refractivity contribution in [1.29, 1.82) is 0 Å². The molecule has 0 heterocycles. The van der Waals surface area contributed by atoms with Gasteiger partial charge in [0.1, 0.15) is 11.8 Å². The third-order valence-corrected chi connectivity index (χ3v) is 6.57. The zero-order chi connectivity index (χ0) is 25.1. The van der Waals surface area contributed by atoms with E-state index in [-0.39, 0.29) is 0 Å². The Morgan fingerprint density at radius 2 is 0.667 bits per heavy atom. The monoisotopic (exact) mass is 472 g/mol. The molecule has 0 saturated carbocycles. The summed E-state index contributed by atoms with van der Waals surface area (Å²) in [5.41, 5.74) is 5.51. The smallest absolute Gasteiger partial charge is 0.312 e. The first-order valence-electron chi connectivity index (χ1n) is 11.7. The molecule has 4 aromatic rings. The molecule has 0 unspecified atom stereocenters. The van der Waals surface area contributed by atoms with Crippen molar-refractivity contribution in [3.05, 3.63) is 144 Å². The van der Waals surface area contributed by atoms with Crippen molar-refractivity contribution in [3.63, 3.8) is 0 Å². The highest BCUT2D eigenvalue weighted by Gasteiger charge is 2.46. The highest BCUT2D eigenvalue weighted by Crippen LogP contribution is 2.54. The molecule has 0 spiro atoms. The van der Waals surface area contributed by atoms with E-state index in [0.29, 0.717) is 22.3 Å². The molecule has 0 aromatic heterocycles. The molecule has 0 saturated heterocycles. The fourth-order valence-electron chi connectivity index (χ4n) is 5.14. The van der Waals surface area contributed by atoms with Crippen molar-refractivity contribution in [2.24, 2.45) is 11.8 Å². The van der Waals surface area contributed by atoms with Crippen molar-refractivity contribution in [1.82, 2.24) is 0 Å². The molecule has 1 aliphatic rings. The maximum Gasteiger partial charge on any atom is 0.312 e. The van der Waals surface area contributed by atoms with Crippen LogP contribution >= 0.6 is 0 Å². The van der Waals surface area contributed by atoms with Crippen molar-refractivity contribution in [2.45, 2.75) is 0 Å². The fourth-order valence-corrected chi connectivity index (χ4v) is 5.14. The van der Waals surface area contributed by atoms with Crippen molar-refractivity contribution in [3.8, 4) is 0 Å². The second-order valence-electron chi connectivity index (χ2n) is 8.67. The zero-order valence-electron chi connectivity index (χ0n) is 19.4. The predicted octanol–water partition coefficient (Wildman–Crippen LogP) is 6.62. The van der Waals surface area contributed by atoms with Crippen LogP contribution in [0.3, 0.4) is 0 Å². The quantitative estimate of drug-likeness (QED) is 0.331. The van der Waals surface area contributed by atoms with E-state index in [9.17, 15) is 19.8 Å². The van der Waals surface area contributed by atoms with Crippen LogP contribution in [0, 0.1) is 11.8 Å². The number of carboxylic acid groups (broad SMARTS) is 2. The molecule has 176 valence electrons. The molecule has 2 N–H and O–H groups in total. The molecular weight excluding hydrogens is 448 g/mol. The van der Waals surface area contributed by atoms with Crippen molar-refractivity contribution >= 4 is 34.2 Å². The number of aliphatic carboxylic acids is 2. The summed E-state index contributed by atoms with van der Waals surface area (Å²) in [6, 6.07) is 37.8. The van der Waals surface area contributed by atoms with Gasteiger partial charge in [-0.25, -0.2) is 0 Å². The number of carbonyl (C=O) groups is 2. The van der Waals surface area contributed by atoms with E-state index in [1.54, 1.807) is 0 Å². The Hall–Kier alpha value is -4.70. The van der Waals surface area contributed by atoms with Gasteiger partial charge >= 0.3 is 11.9 Å². The minimum absolute atomic E-state index is 0.500. The lowest BCUT2D eigenvalue weighted by Gasteiger charge is -2.36. The topological polar surface area (TPSA) is 74.6 Å². The summed E-state index contributed by atoms with van der Waals surface area (Å²) < 4.78 is 0. The number of rotatable bonds is 6. The lowest BCUT2D eigenvalue weighted by molar-refractivity contribution is -0.149. The summed E-state index contributed by atoms with van der Waals surface area (Å²) in [6.45, 7) is 0. The van der Waals surface area contributed by atoms with Gasteiger partial charge in [-0.1, -0.05) is 121 Å². The van der Waals surface area contributed by atoms with Gasteiger partial charge in [0.2, 0.25) is 0 Å². The SMILES string of the molecule is O=C(O)[C@@H]1C(c2ccccc2)=C(c2ccccc2)C(c2ccccc2)=C(c2ccccc2)[C@H]1C(=O)O. The Bertz CT molecular complexity index is 1340. The molecule has 4 nitrogen and oxygen atoms in total. The highest BCUT2D eigenvalue weighted by atomic mass is 16.4. The van der Waals surface area contributed by atoms with Crippen LogP contribution in [-0.2, 0) is 9.59 Å². The van der Waals surface area contributed by atoms with Gasteiger partial charge in [-0.05, 0) is 44.5 Å². The summed E-state index contributed by atoms with van der Waals surface area (Å²) >= 11 is 0. The van der Waals surface area contributed by atoms with Crippen molar-refractivity contribution in [2.75, 3.05) is 0 Å². The number of carboxylic acids is 2. The van der Waals surface area contributed by atoms with E-state index in [2.05, 4.69) is 0 Å². The Kier molecular flexibility index (Phi) is 6.33. The lowest BCUT2D eigenvalue weighted by Crippen LogP contribution is -2.35. The van der Waals surface area contributed by atoms with E-state index in [4.69, 9.17) is 0 Å². The third kappa shape index (κ3) is 4.14. The molecule has 5 rings (SSSR count). The van der Waals surface area contributed by atoms with Crippen LogP contribution < -0.4 is 0 Å². The second-order valence-corrected chi connectivity index (χ2v) is 8.67. The Morgan fingerprint density at radius 3 is 0.917 bits per heavy atom. The van der Waals surface area contributed by atoms with Crippen LogP contribution in [0.25, 0.3) is 22.3 Å². The first-order valence-corrected chi connectivity index (χ1v) is 11.7. The Labute approximate surface area is 209 Å². The average Bonchev–Trinajstić information content (AvgIpc) is 2.93. The molecule has 36 heavy (non-hydrogen) atoms. The Balaban J connectivity index is 2.02. The summed E-state index contributed by atoms with van der Waals surface area (Å²) in [5, 5.41) is 21.1. The highest BCUT2D eigenvalue weighted by molar-refractivity contribution is 6.28. The molecule has 0 aliphatic heterocycles. The lowest BCUT2D eigenvalue weighted by atomic mass is 9.65. The molecule has 0 amide bonds. The van der Waals surface area contributed by atoms with Crippen LogP contribution in [0.4, 0.5) is 0 Å². The Morgan fingerprint density at radius 1 is 0.417 bits per heavy atom. The number of hydrogen-bond acceptors (Lipinski definition) is 2. The van der Waals surface area contributed by atoms with Crippen molar-refractivity contribution < 1.29 is 19.8 Å². The number of benzene rings is 4. The average molecular weight is 473 g/mol. The summed E-state index contributed by atoms with van der Waals surface area (Å²) in [6.07, 6.45) is 0. The van der Waals surface area contributed by atoms with Crippen LogP contribution in [0.15, 0.2) is 121 Å². The van der Waals surface area contributed by atoms with Crippen LogP contribution in [0.1, 0.15) is 22.3 Å². The van der Waals surface area contributed by atoms with Crippen LogP contribution in [0.2, 0.25) is 0 Å². The van der Waals surface area contributed by atoms with Gasteiger partial charge in [0, 0.05) is 0 Å². The van der Waals surface area contributed by atoms with Gasteiger partial charge in [0.25, 0.3) is 0 Å². The molecule has 4 aromatic carbocycles. The van der Waals surface area contributed by atoms with Crippen LogP contribution in [-0.4, -0.2) is 22.2 Å². The minimum atomic E-state index is -1.29. The molecule has 0 radical (unpaired) electrons. The minimum Gasteiger partial charge on any atom is -0.481 e.